The maximum Gasteiger partial charge on any atom is 0.271 e. The van der Waals surface area contributed by atoms with Crippen LogP contribution < -0.4 is 20.9 Å². The molecule has 2 rings (SSSR count). The third-order valence-corrected chi connectivity index (χ3v) is 6.01. The minimum Gasteiger partial charge on any atom is -0.361 e. The Morgan fingerprint density at radius 2 is 1.88 bits per heavy atom. The van der Waals surface area contributed by atoms with E-state index in [2.05, 4.69) is 20.9 Å². The lowest BCUT2D eigenvalue weighted by atomic mass is 10.2. The second kappa shape index (κ2) is 8.79. The van der Waals surface area contributed by atoms with Gasteiger partial charge in [0.05, 0.1) is 0 Å². The monoisotopic (exact) mass is 398 g/mol. The highest BCUT2D eigenvalue weighted by molar-refractivity contribution is 7.94. The molecule has 25 heavy (non-hydrogen) atoms. The molecule has 0 radical (unpaired) electrons. The predicted molar refractivity (Wildman–Crippen MR) is 103 cm³/mol. The predicted octanol–water partition coefficient (Wildman–Crippen LogP) is 2.07. The number of hydrogen-bond acceptors (Lipinski definition) is 5. The highest BCUT2D eigenvalue weighted by Crippen LogP contribution is 2.20. The molecular formula is C15H18N4O3S3. The lowest BCUT2D eigenvalue weighted by Gasteiger charge is -2.11. The van der Waals surface area contributed by atoms with Gasteiger partial charge >= 0.3 is 0 Å². The molecule has 0 spiro atoms. The summed E-state index contributed by atoms with van der Waals surface area (Å²) in [5.41, 5.74) is 5.80. The fourth-order valence-corrected chi connectivity index (χ4v) is 3.98. The summed E-state index contributed by atoms with van der Waals surface area (Å²) in [5.74, 6) is -0.381. The van der Waals surface area contributed by atoms with E-state index < -0.39 is 10.0 Å². The molecule has 0 saturated carbocycles. The van der Waals surface area contributed by atoms with Gasteiger partial charge in [-0.1, -0.05) is 13.0 Å². The standard InChI is InChI=1S/C15H18N4O3S3/c1-2-9-16-15(23)18-17-14(20)11-5-7-12(8-6-11)19-25(21,22)13-4-3-10-24-13/h3-8,10,19H,2,9H2,1H3,(H,17,20)(H2,16,18,23). The lowest BCUT2D eigenvalue weighted by molar-refractivity contribution is 0.0943. The van der Waals surface area contributed by atoms with Crippen LogP contribution in [-0.4, -0.2) is 26.0 Å². The number of thiophene rings is 1. The highest BCUT2D eigenvalue weighted by Gasteiger charge is 2.15. The first-order chi connectivity index (χ1) is 11.9. The van der Waals surface area contributed by atoms with Crippen molar-refractivity contribution in [2.24, 2.45) is 0 Å². The van der Waals surface area contributed by atoms with Crippen molar-refractivity contribution in [1.82, 2.24) is 16.2 Å². The summed E-state index contributed by atoms with van der Waals surface area (Å²) in [6.45, 7) is 2.71. The van der Waals surface area contributed by atoms with Crippen LogP contribution >= 0.6 is 23.6 Å². The number of benzene rings is 1. The van der Waals surface area contributed by atoms with Gasteiger partial charge in [0.25, 0.3) is 15.9 Å². The van der Waals surface area contributed by atoms with Crippen LogP contribution in [0.25, 0.3) is 0 Å². The zero-order chi connectivity index (χ0) is 18.3. The van der Waals surface area contributed by atoms with Crippen LogP contribution in [0.4, 0.5) is 5.69 Å². The summed E-state index contributed by atoms with van der Waals surface area (Å²) in [5, 5.41) is 4.94. The van der Waals surface area contributed by atoms with Crippen LogP contribution in [0.2, 0.25) is 0 Å². The van der Waals surface area contributed by atoms with E-state index in [0.717, 1.165) is 17.8 Å². The molecule has 2 aromatic rings. The number of anilines is 1. The van der Waals surface area contributed by atoms with Gasteiger partial charge in [-0.2, -0.15) is 0 Å². The Balaban J connectivity index is 1.93. The van der Waals surface area contributed by atoms with E-state index in [1.807, 2.05) is 6.92 Å². The SMILES string of the molecule is CCCNC(=S)NNC(=O)c1ccc(NS(=O)(=O)c2cccs2)cc1. The van der Waals surface area contributed by atoms with Gasteiger partial charge in [-0.3, -0.25) is 20.4 Å². The van der Waals surface area contributed by atoms with Crippen LogP contribution in [0.15, 0.2) is 46.0 Å². The molecule has 0 aliphatic carbocycles. The van der Waals surface area contributed by atoms with Crippen molar-refractivity contribution in [3.05, 3.63) is 47.3 Å². The highest BCUT2D eigenvalue weighted by atomic mass is 32.2. The fraction of sp³-hybridized carbons (Fsp3) is 0.200. The van der Waals surface area contributed by atoms with E-state index in [1.54, 1.807) is 11.4 Å². The van der Waals surface area contributed by atoms with Crippen molar-refractivity contribution in [1.29, 1.82) is 0 Å². The molecule has 0 unspecified atom stereocenters. The molecule has 10 heteroatoms. The van der Waals surface area contributed by atoms with Crippen molar-refractivity contribution in [3.8, 4) is 0 Å². The average Bonchev–Trinajstić information content (AvgIpc) is 3.13. The molecule has 134 valence electrons. The van der Waals surface area contributed by atoms with E-state index >= 15 is 0 Å². The first-order valence-corrected chi connectivity index (χ1v) is 10.2. The van der Waals surface area contributed by atoms with Gasteiger partial charge < -0.3 is 5.32 Å². The van der Waals surface area contributed by atoms with Crippen molar-refractivity contribution in [2.45, 2.75) is 17.6 Å². The molecule has 1 aromatic heterocycles. The summed E-state index contributed by atoms with van der Waals surface area (Å²) in [7, 11) is -3.60. The van der Waals surface area contributed by atoms with Gasteiger partial charge in [-0.15, -0.1) is 11.3 Å². The number of sulfonamides is 1. The maximum atomic E-state index is 12.1. The summed E-state index contributed by atoms with van der Waals surface area (Å²) in [4.78, 5) is 12.0. The third-order valence-electron chi connectivity index (χ3n) is 2.98. The molecule has 1 amide bonds. The molecule has 0 bridgehead atoms. The zero-order valence-electron chi connectivity index (χ0n) is 13.4. The Labute approximate surface area is 155 Å². The molecule has 0 aliphatic rings. The van der Waals surface area contributed by atoms with Crippen LogP contribution in [0.3, 0.4) is 0 Å². The summed E-state index contributed by atoms with van der Waals surface area (Å²) < 4.78 is 27.0. The number of hydrogen-bond donors (Lipinski definition) is 4. The number of rotatable bonds is 6. The number of thiocarbonyl (C=S) groups is 1. The maximum absolute atomic E-state index is 12.1. The van der Waals surface area contributed by atoms with E-state index in [0.29, 0.717) is 22.9 Å². The van der Waals surface area contributed by atoms with Crippen LogP contribution in [0.1, 0.15) is 23.7 Å². The molecule has 1 aromatic carbocycles. The van der Waals surface area contributed by atoms with Crippen molar-refractivity contribution in [3.63, 3.8) is 0 Å². The molecule has 0 fully saturated rings. The number of hydrazine groups is 1. The summed E-state index contributed by atoms with van der Waals surface area (Å²) in [6, 6.07) is 9.27. The van der Waals surface area contributed by atoms with Gasteiger partial charge in [0, 0.05) is 17.8 Å². The number of carbonyl (C=O) groups excluding carboxylic acids is 1. The number of nitrogens with one attached hydrogen (secondary N) is 4. The van der Waals surface area contributed by atoms with Crippen LogP contribution in [0, 0.1) is 0 Å². The van der Waals surface area contributed by atoms with Crippen molar-refractivity contribution in [2.75, 3.05) is 11.3 Å². The normalized spacial score (nSPS) is 10.8. The van der Waals surface area contributed by atoms with E-state index in [-0.39, 0.29) is 10.1 Å². The van der Waals surface area contributed by atoms with Gasteiger partial charge in [0.2, 0.25) is 0 Å². The summed E-state index contributed by atoms with van der Waals surface area (Å²) >= 11 is 6.13. The Hall–Kier alpha value is -2.17. The molecule has 0 atom stereocenters. The number of amides is 1. The van der Waals surface area contributed by atoms with E-state index in [4.69, 9.17) is 12.2 Å². The molecule has 7 nitrogen and oxygen atoms in total. The lowest BCUT2D eigenvalue weighted by Crippen LogP contribution is -2.46. The fourth-order valence-electron chi connectivity index (χ4n) is 1.78. The van der Waals surface area contributed by atoms with Crippen LogP contribution in [-0.2, 0) is 10.0 Å². The van der Waals surface area contributed by atoms with Crippen molar-refractivity contribution < 1.29 is 13.2 Å². The molecular weight excluding hydrogens is 380 g/mol. The minimum atomic E-state index is -3.60. The Morgan fingerprint density at radius 3 is 2.48 bits per heavy atom. The van der Waals surface area contributed by atoms with E-state index in [1.165, 1.54) is 30.3 Å². The smallest absolute Gasteiger partial charge is 0.271 e. The average molecular weight is 399 g/mol. The van der Waals surface area contributed by atoms with Crippen LogP contribution in [0.5, 0.6) is 0 Å². The Morgan fingerprint density at radius 1 is 1.16 bits per heavy atom. The number of carbonyl (C=O) groups is 1. The first-order valence-electron chi connectivity index (χ1n) is 7.43. The Kier molecular flexibility index (Phi) is 6.73. The second-order valence-corrected chi connectivity index (χ2v) is 8.22. The van der Waals surface area contributed by atoms with E-state index in [9.17, 15) is 13.2 Å². The largest absolute Gasteiger partial charge is 0.361 e. The third kappa shape index (κ3) is 5.69. The molecule has 0 saturated heterocycles. The van der Waals surface area contributed by atoms with Gasteiger partial charge in [0.15, 0.2) is 5.11 Å². The first kappa shape index (κ1) is 19.2. The molecule has 0 aliphatic heterocycles. The zero-order valence-corrected chi connectivity index (χ0v) is 15.9. The topological polar surface area (TPSA) is 99.3 Å². The Bertz CT molecular complexity index is 818. The van der Waals surface area contributed by atoms with Gasteiger partial charge in [-0.05, 0) is 54.4 Å². The van der Waals surface area contributed by atoms with Crippen molar-refractivity contribution >= 4 is 50.3 Å². The summed E-state index contributed by atoms with van der Waals surface area (Å²) in [6.07, 6.45) is 0.915. The van der Waals surface area contributed by atoms with Gasteiger partial charge in [0.1, 0.15) is 4.21 Å². The minimum absolute atomic E-state index is 0.228. The molecule has 4 N–H and O–H groups in total. The quantitative estimate of drug-likeness (QED) is 0.439. The van der Waals surface area contributed by atoms with Gasteiger partial charge in [-0.25, -0.2) is 8.42 Å². The molecule has 1 heterocycles. The second-order valence-electron chi connectivity index (χ2n) is 4.95.